The van der Waals surface area contributed by atoms with Gasteiger partial charge in [0, 0.05) is 17.3 Å². The third-order valence-electron chi connectivity index (χ3n) is 5.32. The molecule has 2 aromatic heterocycles. The second-order valence-electron chi connectivity index (χ2n) is 7.46. The van der Waals surface area contributed by atoms with E-state index in [4.69, 9.17) is 4.74 Å². The summed E-state index contributed by atoms with van der Waals surface area (Å²) in [6.07, 6.45) is 3.24. The predicted molar refractivity (Wildman–Crippen MR) is 119 cm³/mol. The Morgan fingerprint density at radius 2 is 2.03 bits per heavy atom. The monoisotopic (exact) mass is 434 g/mol. The number of rotatable bonds is 5. The number of hydrogen-bond donors (Lipinski definition) is 1. The van der Waals surface area contributed by atoms with Gasteiger partial charge in [-0.15, -0.1) is 11.3 Å². The molecule has 1 unspecified atom stereocenters. The number of thiophene rings is 1. The molecule has 3 aromatic rings. The van der Waals surface area contributed by atoms with Gasteiger partial charge in [-0.3, -0.25) is 14.6 Å². The topological polar surface area (TPSA) is 79.7 Å². The summed E-state index contributed by atoms with van der Waals surface area (Å²) in [6.45, 7) is 4.04. The summed E-state index contributed by atoms with van der Waals surface area (Å²) in [5.74, 6) is -1.14. The summed E-state index contributed by atoms with van der Waals surface area (Å²) in [5.41, 5.74) is 2.82. The van der Waals surface area contributed by atoms with Crippen molar-refractivity contribution in [3.05, 3.63) is 86.9 Å². The number of likely N-dealkylation sites (tertiary alicyclic amines) is 1. The zero-order chi connectivity index (χ0) is 22.1. The number of aromatic nitrogens is 1. The van der Waals surface area contributed by atoms with Crippen molar-refractivity contribution in [3.8, 4) is 5.75 Å². The molecule has 1 atom stereocenters. The highest BCUT2D eigenvalue weighted by molar-refractivity contribution is 7.09. The average Bonchev–Trinajstić information content (AvgIpc) is 3.36. The van der Waals surface area contributed by atoms with Gasteiger partial charge in [-0.1, -0.05) is 18.2 Å². The van der Waals surface area contributed by atoms with E-state index in [1.807, 2.05) is 37.4 Å². The molecule has 1 fully saturated rings. The Morgan fingerprint density at radius 1 is 1.23 bits per heavy atom. The summed E-state index contributed by atoms with van der Waals surface area (Å²) in [4.78, 5) is 32.8. The Labute approximate surface area is 184 Å². The molecule has 6 nitrogen and oxygen atoms in total. The van der Waals surface area contributed by atoms with Gasteiger partial charge in [-0.25, -0.2) is 0 Å². The molecule has 1 saturated heterocycles. The highest BCUT2D eigenvalue weighted by Gasteiger charge is 2.46. The standard InChI is InChI=1S/C24H22N2O4S/c1-14-10-15(2)23(30-3)18(11-14)21(27)19-20(16-6-4-8-25-12-16)26(24(29)22(19)28)13-17-7-5-9-31-17/h4-12,20,27H,13H2,1-3H3/b21-19+. The third kappa shape index (κ3) is 3.72. The highest BCUT2D eigenvalue weighted by Crippen LogP contribution is 2.42. The van der Waals surface area contributed by atoms with E-state index in [0.717, 1.165) is 16.0 Å². The van der Waals surface area contributed by atoms with Crippen LogP contribution in [0.25, 0.3) is 5.76 Å². The van der Waals surface area contributed by atoms with Crippen LogP contribution in [-0.4, -0.2) is 33.8 Å². The SMILES string of the molecule is COc1c(C)cc(C)cc1/C(O)=C1\C(=O)C(=O)N(Cc2cccs2)C1c1cccnc1. The number of nitrogens with zero attached hydrogens (tertiary/aromatic N) is 2. The summed E-state index contributed by atoms with van der Waals surface area (Å²) in [7, 11) is 1.52. The number of carbonyl (C=O) groups excluding carboxylic acids is 2. The molecule has 3 heterocycles. The van der Waals surface area contributed by atoms with Crippen molar-refractivity contribution in [1.82, 2.24) is 9.88 Å². The van der Waals surface area contributed by atoms with Gasteiger partial charge in [0.15, 0.2) is 0 Å². The summed E-state index contributed by atoms with van der Waals surface area (Å²) in [6, 6.07) is 10.3. The fourth-order valence-electron chi connectivity index (χ4n) is 4.04. The number of amides is 1. The molecule has 4 rings (SSSR count). The van der Waals surface area contributed by atoms with E-state index in [-0.39, 0.29) is 17.9 Å². The first-order chi connectivity index (χ1) is 14.9. The Bertz CT molecular complexity index is 1170. The normalized spacial score (nSPS) is 17.9. The molecular weight excluding hydrogens is 412 g/mol. The van der Waals surface area contributed by atoms with Crippen LogP contribution in [0, 0.1) is 13.8 Å². The molecule has 0 saturated carbocycles. The van der Waals surface area contributed by atoms with Crippen molar-refractivity contribution in [2.75, 3.05) is 7.11 Å². The molecular formula is C24H22N2O4S. The fourth-order valence-corrected chi connectivity index (χ4v) is 4.75. The lowest BCUT2D eigenvalue weighted by molar-refractivity contribution is -0.140. The van der Waals surface area contributed by atoms with E-state index < -0.39 is 17.7 Å². The average molecular weight is 435 g/mol. The largest absolute Gasteiger partial charge is 0.507 e. The Morgan fingerprint density at radius 3 is 2.68 bits per heavy atom. The van der Waals surface area contributed by atoms with Crippen LogP contribution < -0.4 is 4.74 Å². The number of benzene rings is 1. The number of hydrogen-bond acceptors (Lipinski definition) is 6. The molecule has 0 aliphatic carbocycles. The maximum atomic E-state index is 13.1. The number of pyridine rings is 1. The van der Waals surface area contributed by atoms with Crippen molar-refractivity contribution in [1.29, 1.82) is 0 Å². The van der Waals surface area contributed by atoms with Gasteiger partial charge in [-0.05, 0) is 54.1 Å². The third-order valence-corrected chi connectivity index (χ3v) is 6.19. The molecule has 7 heteroatoms. The van der Waals surface area contributed by atoms with Gasteiger partial charge in [0.1, 0.15) is 11.5 Å². The number of aryl methyl sites for hydroxylation is 2. The Hall–Kier alpha value is -3.45. The molecule has 0 spiro atoms. The van der Waals surface area contributed by atoms with Crippen LogP contribution in [0.2, 0.25) is 0 Å². The zero-order valence-electron chi connectivity index (χ0n) is 17.5. The van der Waals surface area contributed by atoms with E-state index in [2.05, 4.69) is 4.98 Å². The van der Waals surface area contributed by atoms with Crippen molar-refractivity contribution in [2.45, 2.75) is 26.4 Å². The lowest BCUT2D eigenvalue weighted by atomic mass is 9.94. The lowest BCUT2D eigenvalue weighted by Crippen LogP contribution is -2.28. The van der Waals surface area contributed by atoms with Crippen molar-refractivity contribution in [2.24, 2.45) is 0 Å². The molecule has 1 aliphatic heterocycles. The first-order valence-corrected chi connectivity index (χ1v) is 10.7. The van der Waals surface area contributed by atoms with E-state index >= 15 is 0 Å². The highest BCUT2D eigenvalue weighted by atomic mass is 32.1. The van der Waals surface area contributed by atoms with Crippen molar-refractivity contribution in [3.63, 3.8) is 0 Å². The summed E-state index contributed by atoms with van der Waals surface area (Å²) in [5, 5.41) is 13.2. The van der Waals surface area contributed by atoms with E-state index in [9.17, 15) is 14.7 Å². The number of ether oxygens (including phenoxy) is 1. The predicted octanol–water partition coefficient (Wildman–Crippen LogP) is 4.39. The Balaban J connectivity index is 1.93. The molecule has 1 aromatic carbocycles. The smallest absolute Gasteiger partial charge is 0.295 e. The first-order valence-electron chi connectivity index (χ1n) is 9.78. The van der Waals surface area contributed by atoms with Gasteiger partial charge in [0.2, 0.25) is 0 Å². The van der Waals surface area contributed by atoms with Gasteiger partial charge in [-0.2, -0.15) is 0 Å². The summed E-state index contributed by atoms with van der Waals surface area (Å²) >= 11 is 1.51. The van der Waals surface area contributed by atoms with Gasteiger partial charge >= 0.3 is 0 Å². The molecule has 1 amide bonds. The van der Waals surface area contributed by atoms with Crippen LogP contribution in [0.1, 0.15) is 33.2 Å². The number of aliphatic hydroxyl groups excluding tert-OH is 1. The van der Waals surface area contributed by atoms with Crippen LogP contribution in [0.3, 0.4) is 0 Å². The number of ketones is 1. The second kappa shape index (κ2) is 8.35. The van der Waals surface area contributed by atoms with Gasteiger partial charge in [0.05, 0.1) is 30.8 Å². The molecule has 0 bridgehead atoms. The fraction of sp³-hybridized carbons (Fsp3) is 0.208. The van der Waals surface area contributed by atoms with Crippen molar-refractivity contribution >= 4 is 28.8 Å². The van der Waals surface area contributed by atoms with Gasteiger partial charge in [0.25, 0.3) is 11.7 Å². The van der Waals surface area contributed by atoms with Crippen LogP contribution in [-0.2, 0) is 16.1 Å². The van der Waals surface area contributed by atoms with Gasteiger partial charge < -0.3 is 14.7 Å². The Kier molecular flexibility index (Phi) is 5.61. The second-order valence-corrected chi connectivity index (χ2v) is 8.49. The minimum absolute atomic E-state index is 0.0397. The molecule has 31 heavy (non-hydrogen) atoms. The zero-order valence-corrected chi connectivity index (χ0v) is 18.3. The van der Waals surface area contributed by atoms with E-state index in [1.54, 1.807) is 30.6 Å². The number of carbonyl (C=O) groups is 2. The minimum Gasteiger partial charge on any atom is -0.507 e. The maximum absolute atomic E-state index is 13.1. The first kappa shape index (κ1) is 20.8. The van der Waals surface area contributed by atoms with Crippen LogP contribution in [0.4, 0.5) is 0 Å². The molecule has 158 valence electrons. The number of methoxy groups -OCH3 is 1. The maximum Gasteiger partial charge on any atom is 0.295 e. The molecule has 1 aliphatic rings. The van der Waals surface area contributed by atoms with Crippen LogP contribution in [0.5, 0.6) is 5.75 Å². The summed E-state index contributed by atoms with van der Waals surface area (Å²) < 4.78 is 5.51. The molecule has 1 N–H and O–H groups in total. The quantitative estimate of drug-likeness (QED) is 0.366. The van der Waals surface area contributed by atoms with Crippen LogP contribution >= 0.6 is 11.3 Å². The van der Waals surface area contributed by atoms with Crippen molar-refractivity contribution < 1.29 is 19.4 Å². The minimum atomic E-state index is -0.749. The van der Waals surface area contributed by atoms with E-state index in [1.165, 1.54) is 23.3 Å². The number of aliphatic hydroxyl groups is 1. The lowest BCUT2D eigenvalue weighted by Gasteiger charge is -2.24. The number of Topliss-reactive ketones (excluding diaryl/α,β-unsaturated/α-hetero) is 1. The van der Waals surface area contributed by atoms with Crippen LogP contribution in [0.15, 0.2) is 59.7 Å². The molecule has 0 radical (unpaired) electrons. The van der Waals surface area contributed by atoms with E-state index in [0.29, 0.717) is 16.9 Å².